The number of hydrogen-bond donors (Lipinski definition) is 4. The fourth-order valence-electron chi connectivity index (χ4n) is 2.41. The van der Waals surface area contributed by atoms with E-state index in [0.717, 1.165) is 5.56 Å². The largest absolute Gasteiger partial charge is 0.507 e. The number of hydrogen-bond acceptors (Lipinski definition) is 4. The van der Waals surface area contributed by atoms with E-state index in [0.29, 0.717) is 5.56 Å². The Morgan fingerprint density at radius 2 is 1.61 bits per heavy atom. The summed E-state index contributed by atoms with van der Waals surface area (Å²) < 4.78 is 0. The molecule has 2 unspecified atom stereocenters. The first kappa shape index (κ1) is 19.5. The Morgan fingerprint density at radius 3 is 2.00 bits per heavy atom. The van der Waals surface area contributed by atoms with Gasteiger partial charge in [-0.1, -0.05) is 47.6 Å². The molecule has 1 aromatic carbocycles. The van der Waals surface area contributed by atoms with Crippen LogP contribution in [0.5, 0.6) is 5.75 Å². The number of amides is 1. The highest BCUT2D eigenvalue weighted by Gasteiger charge is 2.30. The first-order valence-electron chi connectivity index (χ1n) is 7.77. The van der Waals surface area contributed by atoms with E-state index in [4.69, 9.17) is 5.73 Å². The number of primary amides is 1. The first-order chi connectivity index (χ1) is 10.2. The number of carbonyl (C=O) groups is 1. The van der Waals surface area contributed by atoms with Crippen molar-refractivity contribution in [1.29, 1.82) is 0 Å². The maximum atomic E-state index is 11.0. The van der Waals surface area contributed by atoms with Gasteiger partial charge >= 0.3 is 0 Å². The minimum atomic E-state index is -1.38. The molecule has 0 aliphatic carbocycles. The number of rotatable bonds is 4. The van der Waals surface area contributed by atoms with Gasteiger partial charge in [-0.3, -0.25) is 4.79 Å². The van der Waals surface area contributed by atoms with Crippen LogP contribution in [0.1, 0.15) is 70.8 Å². The van der Waals surface area contributed by atoms with E-state index in [1.165, 1.54) is 0 Å². The van der Waals surface area contributed by atoms with Gasteiger partial charge in [0.05, 0.1) is 12.5 Å². The fourth-order valence-corrected chi connectivity index (χ4v) is 2.41. The summed E-state index contributed by atoms with van der Waals surface area (Å²) in [7, 11) is 0. The summed E-state index contributed by atoms with van der Waals surface area (Å²) >= 11 is 0. The van der Waals surface area contributed by atoms with Crippen LogP contribution in [0.4, 0.5) is 0 Å². The normalized spacial score (nSPS) is 15.3. The molecule has 2 atom stereocenters. The molecule has 0 bridgehead atoms. The number of phenolic OH excluding ortho intramolecular Hbond substituents is 1. The fraction of sp³-hybridized carbons (Fsp3) is 0.611. The molecule has 1 amide bonds. The third kappa shape index (κ3) is 4.69. The van der Waals surface area contributed by atoms with E-state index in [1.807, 2.05) is 47.6 Å². The van der Waals surface area contributed by atoms with Crippen molar-refractivity contribution in [1.82, 2.24) is 0 Å². The molecule has 0 spiro atoms. The standard InChI is InChI=1S/C18H29NO4/c1-17(2,3)10-7-11(16(23)13(20)9-14(19)21)15(22)12(8-10)18(4,5)6/h7-8,13,16,20,22-23H,9H2,1-6H3,(H2,19,21). The van der Waals surface area contributed by atoms with Crippen molar-refractivity contribution in [3.05, 3.63) is 28.8 Å². The van der Waals surface area contributed by atoms with E-state index in [-0.39, 0.29) is 28.6 Å². The molecule has 0 fully saturated rings. The Kier molecular flexibility index (Phi) is 5.49. The minimum Gasteiger partial charge on any atom is -0.507 e. The van der Waals surface area contributed by atoms with Crippen LogP contribution in [0.25, 0.3) is 0 Å². The number of aliphatic hydroxyl groups is 2. The van der Waals surface area contributed by atoms with Crippen molar-refractivity contribution in [3.63, 3.8) is 0 Å². The molecule has 1 rings (SSSR count). The quantitative estimate of drug-likeness (QED) is 0.682. The summed E-state index contributed by atoms with van der Waals surface area (Å²) in [5, 5.41) is 31.0. The second-order valence-corrected chi connectivity index (χ2v) is 8.14. The molecular formula is C18H29NO4. The molecule has 5 nitrogen and oxygen atoms in total. The Balaban J connectivity index is 3.49. The lowest BCUT2D eigenvalue weighted by atomic mass is 9.78. The number of carbonyl (C=O) groups excluding carboxylic acids is 1. The Morgan fingerprint density at radius 1 is 1.09 bits per heavy atom. The SMILES string of the molecule is CC(C)(C)c1cc(C(O)C(O)CC(N)=O)c(O)c(C(C)(C)C)c1. The molecule has 0 heterocycles. The van der Waals surface area contributed by atoms with Gasteiger partial charge in [0.1, 0.15) is 11.9 Å². The molecule has 1 aromatic rings. The predicted octanol–water partition coefficient (Wildman–Crippen LogP) is 2.26. The average Bonchev–Trinajstić information content (AvgIpc) is 2.34. The summed E-state index contributed by atoms with van der Waals surface area (Å²) in [4.78, 5) is 11.0. The van der Waals surface area contributed by atoms with Gasteiger partial charge in [0, 0.05) is 5.56 Å². The second-order valence-electron chi connectivity index (χ2n) is 8.14. The Labute approximate surface area is 138 Å². The number of aromatic hydroxyl groups is 1. The van der Waals surface area contributed by atoms with E-state index in [2.05, 4.69) is 0 Å². The van der Waals surface area contributed by atoms with E-state index < -0.39 is 18.1 Å². The summed E-state index contributed by atoms with van der Waals surface area (Å²) in [6, 6.07) is 3.60. The number of benzene rings is 1. The third-order valence-electron chi connectivity index (χ3n) is 3.91. The van der Waals surface area contributed by atoms with Crippen LogP contribution in [0.15, 0.2) is 12.1 Å². The summed E-state index contributed by atoms with van der Waals surface area (Å²) in [5.74, 6) is -0.763. The number of aliphatic hydroxyl groups excluding tert-OH is 2. The molecule has 0 radical (unpaired) electrons. The van der Waals surface area contributed by atoms with Crippen LogP contribution in [-0.4, -0.2) is 27.3 Å². The van der Waals surface area contributed by atoms with Gasteiger partial charge < -0.3 is 21.1 Å². The van der Waals surface area contributed by atoms with Gasteiger partial charge in [-0.05, 0) is 28.0 Å². The summed E-state index contributed by atoms with van der Waals surface area (Å²) in [6.07, 6.45) is -3.11. The molecule has 130 valence electrons. The zero-order valence-electron chi connectivity index (χ0n) is 14.8. The molecule has 0 aliphatic heterocycles. The first-order valence-corrected chi connectivity index (χ1v) is 7.77. The lowest BCUT2D eigenvalue weighted by molar-refractivity contribution is -0.121. The lowest BCUT2D eigenvalue weighted by Crippen LogP contribution is -2.27. The van der Waals surface area contributed by atoms with Gasteiger partial charge in [0.2, 0.25) is 5.91 Å². The monoisotopic (exact) mass is 323 g/mol. The highest BCUT2D eigenvalue weighted by atomic mass is 16.3. The topological polar surface area (TPSA) is 104 Å². The van der Waals surface area contributed by atoms with Crippen molar-refractivity contribution < 1.29 is 20.1 Å². The summed E-state index contributed by atoms with van der Waals surface area (Å²) in [6.45, 7) is 12.0. The van der Waals surface area contributed by atoms with Crippen LogP contribution in [0.3, 0.4) is 0 Å². The van der Waals surface area contributed by atoms with Crippen LogP contribution in [0, 0.1) is 0 Å². The molecule has 0 saturated heterocycles. The maximum Gasteiger partial charge on any atom is 0.220 e. The lowest BCUT2D eigenvalue weighted by Gasteiger charge is -2.29. The van der Waals surface area contributed by atoms with E-state index in [9.17, 15) is 20.1 Å². The van der Waals surface area contributed by atoms with Crippen LogP contribution < -0.4 is 5.73 Å². The Bertz CT molecular complexity index is 582. The minimum absolute atomic E-state index is 0.0541. The van der Waals surface area contributed by atoms with E-state index >= 15 is 0 Å². The van der Waals surface area contributed by atoms with Crippen LogP contribution in [0.2, 0.25) is 0 Å². The molecule has 5 heteroatoms. The summed E-state index contributed by atoms with van der Waals surface area (Å²) in [5.41, 5.74) is 6.37. The van der Waals surface area contributed by atoms with Gasteiger partial charge in [0.25, 0.3) is 0 Å². The van der Waals surface area contributed by atoms with Gasteiger partial charge in [-0.2, -0.15) is 0 Å². The van der Waals surface area contributed by atoms with Crippen molar-refractivity contribution in [3.8, 4) is 5.75 Å². The molecule has 0 aromatic heterocycles. The van der Waals surface area contributed by atoms with Crippen LogP contribution >= 0.6 is 0 Å². The molecule has 0 aliphatic rings. The highest BCUT2D eigenvalue weighted by molar-refractivity contribution is 5.74. The molecular weight excluding hydrogens is 294 g/mol. The smallest absolute Gasteiger partial charge is 0.220 e. The Hall–Kier alpha value is -1.59. The van der Waals surface area contributed by atoms with Crippen molar-refractivity contribution in [2.45, 2.75) is 71.0 Å². The van der Waals surface area contributed by atoms with Gasteiger partial charge in [-0.25, -0.2) is 0 Å². The third-order valence-corrected chi connectivity index (χ3v) is 3.91. The molecule has 23 heavy (non-hydrogen) atoms. The van der Waals surface area contributed by atoms with E-state index in [1.54, 1.807) is 6.07 Å². The molecule has 5 N–H and O–H groups in total. The average molecular weight is 323 g/mol. The van der Waals surface area contributed by atoms with Crippen molar-refractivity contribution in [2.75, 3.05) is 0 Å². The van der Waals surface area contributed by atoms with Gasteiger partial charge in [-0.15, -0.1) is 0 Å². The van der Waals surface area contributed by atoms with Crippen molar-refractivity contribution in [2.24, 2.45) is 5.73 Å². The van der Waals surface area contributed by atoms with Crippen molar-refractivity contribution >= 4 is 5.91 Å². The molecule has 0 saturated carbocycles. The maximum absolute atomic E-state index is 11.0. The zero-order valence-corrected chi connectivity index (χ0v) is 14.8. The predicted molar refractivity (Wildman–Crippen MR) is 90.3 cm³/mol. The zero-order chi connectivity index (χ0) is 18.2. The second kappa shape index (κ2) is 6.49. The number of phenols is 1. The van der Waals surface area contributed by atoms with Gasteiger partial charge in [0.15, 0.2) is 0 Å². The highest BCUT2D eigenvalue weighted by Crippen LogP contribution is 2.40. The van der Waals surface area contributed by atoms with Crippen LogP contribution in [-0.2, 0) is 15.6 Å². The number of nitrogens with two attached hydrogens (primary N) is 1.